The van der Waals surface area contributed by atoms with Crippen LogP contribution in [0.2, 0.25) is 0 Å². The van der Waals surface area contributed by atoms with Gasteiger partial charge in [-0.25, -0.2) is 0 Å². The first-order valence-corrected chi connectivity index (χ1v) is 19.0. The molecular formula is C48H52N3O+. The zero-order valence-corrected chi connectivity index (χ0v) is 31.6. The van der Waals surface area contributed by atoms with Crippen molar-refractivity contribution in [2.24, 2.45) is 0 Å². The minimum atomic E-state index is -0.155. The third-order valence-electron chi connectivity index (χ3n) is 11.5. The van der Waals surface area contributed by atoms with E-state index in [-0.39, 0.29) is 16.7 Å². The molecule has 3 aliphatic rings. The molecule has 264 valence electrons. The van der Waals surface area contributed by atoms with Crippen LogP contribution in [-0.2, 0) is 15.6 Å². The number of terminal acetylenes is 1. The fourth-order valence-corrected chi connectivity index (χ4v) is 8.95. The predicted molar refractivity (Wildman–Crippen MR) is 220 cm³/mol. The summed E-state index contributed by atoms with van der Waals surface area (Å²) >= 11 is 0. The van der Waals surface area contributed by atoms with Gasteiger partial charge in [0.1, 0.15) is 7.05 Å². The number of hydrogen-bond donors (Lipinski definition) is 1. The van der Waals surface area contributed by atoms with Gasteiger partial charge in [0.25, 0.3) is 0 Å². The molecule has 0 atom stereocenters. The number of carbonyl (C=O) groups excluding carboxylic acids is 1. The van der Waals surface area contributed by atoms with Crippen LogP contribution < -0.4 is 10.2 Å². The zero-order valence-electron chi connectivity index (χ0n) is 31.6. The number of allylic oxidation sites excluding steroid dienone is 8. The maximum absolute atomic E-state index is 12.1. The monoisotopic (exact) mass is 686 g/mol. The highest BCUT2D eigenvalue weighted by molar-refractivity contribution is 6.07. The summed E-state index contributed by atoms with van der Waals surface area (Å²) in [5, 5.41) is 8.04. The molecule has 1 amide bonds. The summed E-state index contributed by atoms with van der Waals surface area (Å²) in [7, 11) is 2.21. The Labute approximate surface area is 310 Å². The van der Waals surface area contributed by atoms with Crippen LogP contribution in [0.5, 0.6) is 0 Å². The second-order valence-corrected chi connectivity index (χ2v) is 15.7. The molecule has 0 fully saturated rings. The van der Waals surface area contributed by atoms with Crippen molar-refractivity contribution in [2.45, 2.75) is 83.5 Å². The standard InChI is InChI=1S/C48H51N3O/c1-7-31-49-44(52)22-9-8-14-32-51-41-28-26-37-19-11-13-21-39(37)46(41)48(4,5)43(51)30-24-35-17-15-16-34(33-35)23-29-42-47(2,3)45-38-20-12-10-18-36(38)25-27-40(45)50(42)6/h1,10-13,18-21,23-30,33H,8-9,14-17,22,31-32H2,2-6H3/p+1. The number of hydrogen-bond acceptors (Lipinski definition) is 2. The summed E-state index contributed by atoms with van der Waals surface area (Å²) in [5.41, 5.74) is 10.6. The number of anilines is 1. The first kappa shape index (κ1) is 35.3. The van der Waals surface area contributed by atoms with E-state index in [0.717, 1.165) is 45.1 Å². The van der Waals surface area contributed by atoms with Crippen LogP contribution in [0.4, 0.5) is 11.4 Å². The molecule has 0 saturated heterocycles. The van der Waals surface area contributed by atoms with Crippen molar-refractivity contribution >= 4 is 44.5 Å². The quantitative estimate of drug-likeness (QED) is 0.102. The van der Waals surface area contributed by atoms with Gasteiger partial charge in [-0.1, -0.05) is 99.0 Å². The van der Waals surface area contributed by atoms with E-state index < -0.39 is 0 Å². The molecule has 0 unspecified atom stereocenters. The Hall–Kier alpha value is -5.14. The van der Waals surface area contributed by atoms with Gasteiger partial charge in [0.2, 0.25) is 11.6 Å². The average molecular weight is 687 g/mol. The number of fused-ring (bicyclic) bond motifs is 6. The van der Waals surface area contributed by atoms with Crippen LogP contribution in [0.1, 0.15) is 83.8 Å². The normalized spacial score (nSPS) is 19.1. The number of amides is 1. The van der Waals surface area contributed by atoms with Crippen molar-refractivity contribution in [1.29, 1.82) is 0 Å². The maximum atomic E-state index is 12.1. The third kappa shape index (κ3) is 6.54. The van der Waals surface area contributed by atoms with Gasteiger partial charge in [-0.3, -0.25) is 4.79 Å². The SMILES string of the molecule is C#CCNC(=O)CCCCCN1/C(=C\C=C2C=C(/C=C/C3=[N+](C)c4ccc5ccccc5c4C3(C)C)CCC/2)C(C)(C)c2c1ccc1ccccc21. The molecule has 52 heavy (non-hydrogen) atoms. The smallest absolute Gasteiger partial charge is 0.220 e. The molecule has 4 nitrogen and oxygen atoms in total. The van der Waals surface area contributed by atoms with Crippen molar-refractivity contribution in [1.82, 2.24) is 5.32 Å². The number of nitrogens with zero attached hydrogens (tertiary/aromatic N) is 2. The number of unbranched alkanes of at least 4 members (excludes halogenated alkanes) is 2. The van der Waals surface area contributed by atoms with Gasteiger partial charge in [0, 0.05) is 47.5 Å². The molecule has 0 radical (unpaired) electrons. The van der Waals surface area contributed by atoms with Gasteiger partial charge in [-0.2, -0.15) is 4.58 Å². The van der Waals surface area contributed by atoms with Gasteiger partial charge in [-0.15, -0.1) is 6.42 Å². The van der Waals surface area contributed by atoms with Gasteiger partial charge < -0.3 is 10.2 Å². The molecule has 0 spiro atoms. The fourth-order valence-electron chi connectivity index (χ4n) is 8.95. The second kappa shape index (κ2) is 14.5. The Balaban J connectivity index is 1.15. The molecule has 2 heterocycles. The number of nitrogens with one attached hydrogen (secondary N) is 1. The molecule has 7 rings (SSSR count). The Morgan fingerprint density at radius 3 is 2.31 bits per heavy atom. The molecule has 1 N–H and O–H groups in total. The van der Waals surface area contributed by atoms with E-state index in [4.69, 9.17) is 6.42 Å². The van der Waals surface area contributed by atoms with E-state index in [0.29, 0.717) is 13.0 Å². The third-order valence-corrected chi connectivity index (χ3v) is 11.5. The number of rotatable bonds is 10. The van der Waals surface area contributed by atoms with Crippen LogP contribution >= 0.6 is 0 Å². The van der Waals surface area contributed by atoms with E-state index in [1.54, 1.807) is 0 Å². The molecule has 2 aliphatic heterocycles. The van der Waals surface area contributed by atoms with E-state index in [9.17, 15) is 4.79 Å². The minimum Gasteiger partial charge on any atom is -0.345 e. The highest BCUT2D eigenvalue weighted by Gasteiger charge is 2.44. The molecule has 0 aromatic heterocycles. The Morgan fingerprint density at radius 2 is 1.56 bits per heavy atom. The Bertz CT molecular complexity index is 2250. The summed E-state index contributed by atoms with van der Waals surface area (Å²) in [4.78, 5) is 14.6. The van der Waals surface area contributed by atoms with Crippen molar-refractivity contribution in [3.63, 3.8) is 0 Å². The highest BCUT2D eigenvalue weighted by Crippen LogP contribution is 2.51. The molecule has 4 aromatic rings. The molecule has 1 aliphatic carbocycles. The van der Waals surface area contributed by atoms with Crippen molar-refractivity contribution in [2.75, 3.05) is 25.0 Å². The van der Waals surface area contributed by atoms with Crippen LogP contribution in [0, 0.1) is 12.3 Å². The molecule has 0 saturated carbocycles. The Morgan fingerprint density at radius 1 is 0.846 bits per heavy atom. The lowest BCUT2D eigenvalue weighted by Crippen LogP contribution is -2.27. The predicted octanol–water partition coefficient (Wildman–Crippen LogP) is 10.6. The van der Waals surface area contributed by atoms with Crippen LogP contribution in [0.3, 0.4) is 0 Å². The number of carbonyl (C=O) groups is 1. The summed E-state index contributed by atoms with van der Waals surface area (Å²) in [5.74, 6) is 2.52. The van der Waals surface area contributed by atoms with Crippen molar-refractivity contribution in [3.05, 3.63) is 131 Å². The summed E-state index contributed by atoms with van der Waals surface area (Å²) in [6.07, 6.45) is 23.9. The first-order chi connectivity index (χ1) is 25.1. The average Bonchev–Trinajstić information content (AvgIpc) is 3.49. The summed E-state index contributed by atoms with van der Waals surface area (Å²) in [6.45, 7) is 10.7. The van der Waals surface area contributed by atoms with E-state index in [1.165, 1.54) is 66.6 Å². The number of benzene rings is 4. The lowest BCUT2D eigenvalue weighted by molar-refractivity contribution is -0.401. The Kier molecular flexibility index (Phi) is 9.82. The molecule has 4 aromatic carbocycles. The van der Waals surface area contributed by atoms with Crippen molar-refractivity contribution < 1.29 is 9.37 Å². The van der Waals surface area contributed by atoms with Gasteiger partial charge >= 0.3 is 0 Å². The second-order valence-electron chi connectivity index (χ2n) is 15.7. The fraction of sp³-hybridized carbons (Fsp3) is 0.333. The van der Waals surface area contributed by atoms with Gasteiger partial charge in [-0.05, 0) is 102 Å². The molecule has 0 bridgehead atoms. The highest BCUT2D eigenvalue weighted by atomic mass is 16.1. The first-order valence-electron chi connectivity index (χ1n) is 19.0. The summed E-state index contributed by atoms with van der Waals surface area (Å²) < 4.78 is 2.38. The minimum absolute atomic E-state index is 0.0373. The van der Waals surface area contributed by atoms with Gasteiger partial charge in [0.15, 0.2) is 5.71 Å². The maximum Gasteiger partial charge on any atom is 0.220 e. The topological polar surface area (TPSA) is 35.4 Å². The molecule has 4 heteroatoms. The summed E-state index contributed by atoms with van der Waals surface area (Å²) in [6, 6.07) is 26.6. The van der Waals surface area contributed by atoms with Crippen LogP contribution in [0.25, 0.3) is 21.5 Å². The van der Waals surface area contributed by atoms with E-state index in [2.05, 4.69) is 159 Å². The zero-order chi connectivity index (χ0) is 36.5. The van der Waals surface area contributed by atoms with Crippen LogP contribution in [-0.4, -0.2) is 36.3 Å². The largest absolute Gasteiger partial charge is 0.345 e. The van der Waals surface area contributed by atoms with E-state index in [1.807, 2.05) is 0 Å². The lowest BCUT2D eigenvalue weighted by Gasteiger charge is -2.27. The van der Waals surface area contributed by atoms with E-state index >= 15 is 0 Å². The lowest BCUT2D eigenvalue weighted by atomic mass is 9.79. The molecular weight excluding hydrogens is 635 g/mol. The van der Waals surface area contributed by atoms with Gasteiger partial charge in [0.05, 0.1) is 12.0 Å². The van der Waals surface area contributed by atoms with Crippen LogP contribution in [0.15, 0.2) is 120 Å². The van der Waals surface area contributed by atoms with Crippen molar-refractivity contribution in [3.8, 4) is 12.3 Å².